The fraction of sp³-hybridized carbons (Fsp3) is 0.357. The van der Waals surface area contributed by atoms with Crippen LogP contribution in [0.3, 0.4) is 0 Å². The molecule has 5 nitrogen and oxygen atoms in total. The first-order valence-electron chi connectivity index (χ1n) is 11.7. The fourth-order valence-corrected chi connectivity index (χ4v) is 5.11. The summed E-state index contributed by atoms with van der Waals surface area (Å²) in [4.78, 5) is 24.5. The molecule has 1 fully saturated rings. The summed E-state index contributed by atoms with van der Waals surface area (Å²) in [5, 5.41) is 15.4. The molecule has 3 aromatic carbocycles. The Labute approximate surface area is 195 Å². The van der Waals surface area contributed by atoms with E-state index in [1.54, 1.807) is 0 Å². The van der Waals surface area contributed by atoms with Crippen LogP contribution in [-0.2, 0) is 4.79 Å². The van der Waals surface area contributed by atoms with Crippen LogP contribution in [0.4, 0.5) is 0 Å². The number of nitrogens with zero attached hydrogens (tertiary/aromatic N) is 1. The molecule has 0 spiro atoms. The fourth-order valence-electron chi connectivity index (χ4n) is 5.11. The van der Waals surface area contributed by atoms with E-state index in [-0.39, 0.29) is 18.5 Å². The first-order valence-corrected chi connectivity index (χ1v) is 11.7. The Hall–Kier alpha value is -3.18. The van der Waals surface area contributed by atoms with Gasteiger partial charge in [0.2, 0.25) is 0 Å². The number of fused-ring (bicyclic) bond motifs is 1. The molecule has 2 N–H and O–H groups in total. The molecule has 1 amide bonds. The van der Waals surface area contributed by atoms with Crippen LogP contribution in [0.15, 0.2) is 66.7 Å². The number of amides is 1. The number of carbonyl (C=O) groups excluding carboxylic acids is 1. The number of hydrogen-bond acceptors (Lipinski definition) is 3. The minimum Gasteiger partial charge on any atom is -0.480 e. The summed E-state index contributed by atoms with van der Waals surface area (Å²) in [6.45, 7) is 1.95. The van der Waals surface area contributed by atoms with Gasteiger partial charge in [-0.15, -0.1) is 0 Å². The van der Waals surface area contributed by atoms with Gasteiger partial charge in [0.15, 0.2) is 0 Å². The average molecular weight is 445 g/mol. The summed E-state index contributed by atoms with van der Waals surface area (Å²) in [6.07, 6.45) is 4.56. The van der Waals surface area contributed by atoms with E-state index >= 15 is 0 Å². The van der Waals surface area contributed by atoms with Crippen LogP contribution in [0.25, 0.3) is 10.8 Å². The van der Waals surface area contributed by atoms with Gasteiger partial charge >= 0.3 is 5.97 Å². The van der Waals surface area contributed by atoms with Gasteiger partial charge in [-0.05, 0) is 66.1 Å². The Morgan fingerprint density at radius 3 is 2.52 bits per heavy atom. The second-order valence-corrected chi connectivity index (χ2v) is 9.19. The molecule has 1 saturated carbocycles. The highest BCUT2D eigenvalue weighted by atomic mass is 16.4. The third-order valence-electron chi connectivity index (χ3n) is 6.80. The van der Waals surface area contributed by atoms with E-state index in [0.717, 1.165) is 12.8 Å². The van der Waals surface area contributed by atoms with Crippen LogP contribution in [0.5, 0.6) is 0 Å². The van der Waals surface area contributed by atoms with Crippen molar-refractivity contribution in [1.29, 1.82) is 0 Å². The van der Waals surface area contributed by atoms with Crippen molar-refractivity contribution in [2.45, 2.75) is 50.6 Å². The molecule has 2 unspecified atom stereocenters. The smallest absolute Gasteiger partial charge is 0.323 e. The number of benzene rings is 3. The van der Waals surface area contributed by atoms with Gasteiger partial charge in [-0.1, -0.05) is 61.0 Å². The minimum absolute atomic E-state index is 0.268. The van der Waals surface area contributed by atoms with Crippen LogP contribution in [0.1, 0.15) is 66.1 Å². The summed E-state index contributed by atoms with van der Waals surface area (Å²) in [7, 11) is 1.51. The molecule has 4 rings (SSSR count). The largest absolute Gasteiger partial charge is 0.480 e. The first-order chi connectivity index (χ1) is 15.9. The van der Waals surface area contributed by atoms with E-state index in [2.05, 4.69) is 54.7 Å². The Bertz CT molecular complexity index is 1120. The van der Waals surface area contributed by atoms with E-state index in [9.17, 15) is 9.59 Å². The molecule has 1 aliphatic carbocycles. The summed E-state index contributed by atoms with van der Waals surface area (Å²) in [6, 6.07) is 23.5. The van der Waals surface area contributed by atoms with Gasteiger partial charge in [-0.2, -0.15) is 0 Å². The van der Waals surface area contributed by atoms with E-state index in [0.29, 0.717) is 17.5 Å². The van der Waals surface area contributed by atoms with Gasteiger partial charge in [0, 0.05) is 24.7 Å². The normalized spacial score (nSPS) is 19.2. The second kappa shape index (κ2) is 10.2. The van der Waals surface area contributed by atoms with Crippen LogP contribution in [0.2, 0.25) is 0 Å². The van der Waals surface area contributed by atoms with Gasteiger partial charge in [0.25, 0.3) is 5.91 Å². The lowest BCUT2D eigenvalue weighted by atomic mass is 9.80. The average Bonchev–Trinajstić information content (AvgIpc) is 2.83. The third-order valence-corrected chi connectivity index (χ3v) is 6.80. The number of carboxylic acid groups (broad SMARTS) is 1. The van der Waals surface area contributed by atoms with Gasteiger partial charge in [-0.25, -0.2) is 0 Å². The maximum atomic E-state index is 12.4. The zero-order valence-electron chi connectivity index (χ0n) is 19.3. The van der Waals surface area contributed by atoms with Gasteiger partial charge in [-0.3, -0.25) is 9.59 Å². The highest BCUT2D eigenvalue weighted by Gasteiger charge is 2.25. The summed E-state index contributed by atoms with van der Waals surface area (Å²) >= 11 is 0. The molecule has 0 bridgehead atoms. The molecule has 3 atom stereocenters. The maximum Gasteiger partial charge on any atom is 0.323 e. The van der Waals surface area contributed by atoms with Crippen LogP contribution in [-0.4, -0.2) is 41.5 Å². The molecular weight excluding hydrogens is 412 g/mol. The van der Waals surface area contributed by atoms with Crippen LogP contribution < -0.4 is 5.32 Å². The summed E-state index contributed by atoms with van der Waals surface area (Å²) < 4.78 is 0. The van der Waals surface area contributed by atoms with Gasteiger partial charge in [0.1, 0.15) is 6.54 Å². The number of nitrogens with one attached hydrogen (secondary N) is 1. The quantitative estimate of drug-likeness (QED) is 0.514. The first kappa shape index (κ1) is 23.0. The highest BCUT2D eigenvalue weighted by molar-refractivity contribution is 5.95. The molecule has 3 aromatic rings. The monoisotopic (exact) mass is 444 g/mol. The van der Waals surface area contributed by atoms with Gasteiger partial charge < -0.3 is 15.3 Å². The van der Waals surface area contributed by atoms with E-state index in [4.69, 9.17) is 5.11 Å². The SMILES string of the molecule is CC(NC1CCC[C@H](c2ccc(C(=O)N(C)CC(=O)O)cc2)C1)c1cccc2ccccc12. The topological polar surface area (TPSA) is 69.6 Å². The van der Waals surface area contributed by atoms with Crippen molar-refractivity contribution in [3.63, 3.8) is 0 Å². The molecule has 0 aromatic heterocycles. The zero-order valence-corrected chi connectivity index (χ0v) is 19.3. The third kappa shape index (κ3) is 5.42. The summed E-state index contributed by atoms with van der Waals surface area (Å²) in [5.41, 5.74) is 3.11. The molecule has 172 valence electrons. The van der Waals surface area contributed by atoms with E-state index in [1.807, 2.05) is 24.3 Å². The predicted octanol–water partition coefficient (Wildman–Crippen LogP) is 5.37. The number of aliphatic carboxylic acids is 1. The lowest BCUT2D eigenvalue weighted by molar-refractivity contribution is -0.137. The van der Waals surface area contributed by atoms with Crippen LogP contribution >= 0.6 is 0 Å². The lowest BCUT2D eigenvalue weighted by Gasteiger charge is -2.32. The summed E-state index contributed by atoms with van der Waals surface area (Å²) in [5.74, 6) is -0.825. The molecule has 0 radical (unpaired) electrons. The highest BCUT2D eigenvalue weighted by Crippen LogP contribution is 2.34. The number of hydrogen-bond donors (Lipinski definition) is 2. The van der Waals surface area contributed by atoms with Crippen molar-refractivity contribution >= 4 is 22.6 Å². The van der Waals surface area contributed by atoms with Crippen molar-refractivity contribution in [3.05, 3.63) is 83.4 Å². The standard InChI is InChI=1S/C28H32N2O3/c1-19(25-12-6-8-21-7-3-4-11-26(21)25)29-24-10-5-9-23(17-24)20-13-15-22(16-14-20)28(33)30(2)18-27(31)32/h3-4,6-8,11-16,19,23-24,29H,5,9-10,17-18H2,1-2H3,(H,31,32)/t19?,23-,24?/m0/s1. The Kier molecular flexibility index (Phi) is 7.09. The van der Waals surface area contributed by atoms with Gasteiger partial charge in [0.05, 0.1) is 0 Å². The van der Waals surface area contributed by atoms with Crippen LogP contribution in [0, 0.1) is 0 Å². The van der Waals surface area contributed by atoms with Crippen molar-refractivity contribution in [1.82, 2.24) is 10.2 Å². The Morgan fingerprint density at radius 1 is 1.03 bits per heavy atom. The van der Waals surface area contributed by atoms with Crippen molar-refractivity contribution < 1.29 is 14.7 Å². The second-order valence-electron chi connectivity index (χ2n) is 9.19. The molecule has 0 heterocycles. The molecule has 0 aliphatic heterocycles. The van der Waals surface area contributed by atoms with Crippen molar-refractivity contribution in [2.75, 3.05) is 13.6 Å². The molecule has 33 heavy (non-hydrogen) atoms. The Balaban J connectivity index is 1.41. The number of rotatable bonds is 7. The number of carbonyl (C=O) groups is 2. The molecular formula is C28H32N2O3. The van der Waals surface area contributed by atoms with Crippen molar-refractivity contribution in [2.24, 2.45) is 0 Å². The molecule has 1 aliphatic rings. The van der Waals surface area contributed by atoms with Crippen molar-refractivity contribution in [3.8, 4) is 0 Å². The van der Waals surface area contributed by atoms with E-state index < -0.39 is 5.97 Å². The Morgan fingerprint density at radius 2 is 1.76 bits per heavy atom. The lowest BCUT2D eigenvalue weighted by Crippen LogP contribution is -2.35. The zero-order chi connectivity index (χ0) is 23.4. The number of carboxylic acids is 1. The maximum absolute atomic E-state index is 12.4. The molecule has 5 heteroatoms. The van der Waals surface area contributed by atoms with E-state index in [1.165, 1.54) is 46.7 Å². The molecule has 0 saturated heterocycles. The predicted molar refractivity (Wildman–Crippen MR) is 132 cm³/mol. The minimum atomic E-state index is -1.01. The number of likely N-dealkylation sites (N-methyl/N-ethyl adjacent to an activating group) is 1.